The lowest BCUT2D eigenvalue weighted by Gasteiger charge is -2.31. The Balaban J connectivity index is 2.13. The van der Waals surface area contributed by atoms with Gasteiger partial charge in [0.2, 0.25) is 0 Å². The van der Waals surface area contributed by atoms with E-state index in [1.165, 1.54) is 25.7 Å². The molecule has 1 aromatic rings. The van der Waals surface area contributed by atoms with E-state index in [0.717, 1.165) is 25.8 Å². The van der Waals surface area contributed by atoms with E-state index in [4.69, 9.17) is 5.73 Å². The summed E-state index contributed by atoms with van der Waals surface area (Å²) in [6.45, 7) is 1.38. The normalized spacial score (nSPS) is 16.9. The van der Waals surface area contributed by atoms with Crippen molar-refractivity contribution in [1.29, 1.82) is 0 Å². The van der Waals surface area contributed by atoms with Crippen molar-refractivity contribution in [2.45, 2.75) is 51.0 Å². The van der Waals surface area contributed by atoms with Gasteiger partial charge < -0.3 is 15.2 Å². The molecule has 0 radical (unpaired) electrons. The van der Waals surface area contributed by atoms with E-state index in [0.29, 0.717) is 18.3 Å². The number of aromatic nitrogens is 2. The van der Waals surface area contributed by atoms with Gasteiger partial charge in [-0.25, -0.2) is 4.98 Å². The summed E-state index contributed by atoms with van der Waals surface area (Å²) >= 11 is 0. The predicted octanol–water partition coefficient (Wildman–Crippen LogP) is 1.93. The lowest BCUT2D eigenvalue weighted by atomic mass is 10.1. The number of aryl methyl sites for hydroxylation is 1. The highest BCUT2D eigenvalue weighted by atomic mass is 16.2. The van der Waals surface area contributed by atoms with Crippen LogP contribution in [0.3, 0.4) is 0 Å². The van der Waals surface area contributed by atoms with E-state index >= 15 is 0 Å². The van der Waals surface area contributed by atoms with Crippen molar-refractivity contribution in [3.05, 3.63) is 18.2 Å². The predicted molar refractivity (Wildman–Crippen MR) is 79.4 cm³/mol. The minimum atomic E-state index is 0.102. The van der Waals surface area contributed by atoms with E-state index in [2.05, 4.69) is 4.98 Å². The molecule has 1 aromatic heterocycles. The highest BCUT2D eigenvalue weighted by Gasteiger charge is 2.26. The number of carbonyl (C=O) groups excluding carboxylic acids is 1. The molecule has 2 N–H and O–H groups in total. The van der Waals surface area contributed by atoms with Crippen molar-refractivity contribution in [3.8, 4) is 0 Å². The van der Waals surface area contributed by atoms with Crippen molar-refractivity contribution in [1.82, 2.24) is 14.5 Å². The molecule has 1 aliphatic rings. The smallest absolute Gasteiger partial charge is 0.272 e. The molecule has 112 valence electrons. The second kappa shape index (κ2) is 7.43. The Morgan fingerprint density at radius 1 is 1.40 bits per heavy atom. The standard InChI is InChI=1S/C15H26N4O/c1-18-12-17-11-14(18)15(20)19(10-6-9-16)13-7-4-2-3-5-8-13/h11-13H,2-10,16H2,1H3. The van der Waals surface area contributed by atoms with Crippen LogP contribution in [0.2, 0.25) is 0 Å². The van der Waals surface area contributed by atoms with Crippen molar-refractivity contribution in [2.75, 3.05) is 13.1 Å². The van der Waals surface area contributed by atoms with Crippen molar-refractivity contribution in [3.63, 3.8) is 0 Å². The van der Waals surface area contributed by atoms with Crippen LogP contribution in [0.25, 0.3) is 0 Å². The quantitative estimate of drug-likeness (QED) is 0.837. The second-order valence-corrected chi connectivity index (χ2v) is 5.68. The number of carbonyl (C=O) groups is 1. The summed E-state index contributed by atoms with van der Waals surface area (Å²) in [5.74, 6) is 0.102. The zero-order valence-corrected chi connectivity index (χ0v) is 12.4. The summed E-state index contributed by atoms with van der Waals surface area (Å²) < 4.78 is 1.80. The van der Waals surface area contributed by atoms with E-state index < -0.39 is 0 Å². The summed E-state index contributed by atoms with van der Waals surface area (Å²) in [5.41, 5.74) is 6.30. The van der Waals surface area contributed by atoms with Gasteiger partial charge in [0.1, 0.15) is 5.69 Å². The van der Waals surface area contributed by atoms with Gasteiger partial charge >= 0.3 is 0 Å². The minimum absolute atomic E-state index is 0.102. The van der Waals surface area contributed by atoms with Gasteiger partial charge in [-0.15, -0.1) is 0 Å². The molecule has 0 atom stereocenters. The molecule has 5 heteroatoms. The molecule has 2 rings (SSSR count). The fraction of sp³-hybridized carbons (Fsp3) is 0.733. The van der Waals surface area contributed by atoms with Gasteiger partial charge in [-0.1, -0.05) is 25.7 Å². The van der Waals surface area contributed by atoms with Crippen LogP contribution in [-0.2, 0) is 7.05 Å². The number of nitrogens with zero attached hydrogens (tertiary/aromatic N) is 3. The fourth-order valence-electron chi connectivity index (χ4n) is 2.99. The Hall–Kier alpha value is -1.36. The number of nitrogens with two attached hydrogens (primary N) is 1. The van der Waals surface area contributed by atoms with Crippen LogP contribution in [0.5, 0.6) is 0 Å². The van der Waals surface area contributed by atoms with Crippen molar-refractivity contribution < 1.29 is 4.79 Å². The highest BCUT2D eigenvalue weighted by Crippen LogP contribution is 2.23. The van der Waals surface area contributed by atoms with Crippen LogP contribution in [0.15, 0.2) is 12.5 Å². The molecule has 0 unspecified atom stereocenters. The first-order valence-electron chi connectivity index (χ1n) is 7.71. The Morgan fingerprint density at radius 2 is 2.10 bits per heavy atom. The first-order valence-corrected chi connectivity index (χ1v) is 7.71. The van der Waals surface area contributed by atoms with E-state index in [1.807, 2.05) is 11.9 Å². The Labute approximate surface area is 121 Å². The van der Waals surface area contributed by atoms with Gasteiger partial charge in [0, 0.05) is 19.6 Å². The average Bonchev–Trinajstić information content (AvgIpc) is 2.71. The Bertz CT molecular complexity index is 421. The third-order valence-corrected chi connectivity index (χ3v) is 4.17. The largest absolute Gasteiger partial charge is 0.334 e. The third kappa shape index (κ3) is 3.60. The molecule has 5 nitrogen and oxygen atoms in total. The maximum Gasteiger partial charge on any atom is 0.272 e. The molecule has 0 aliphatic heterocycles. The van der Waals surface area contributed by atoms with Crippen LogP contribution in [0.1, 0.15) is 55.4 Å². The fourth-order valence-corrected chi connectivity index (χ4v) is 2.99. The van der Waals surface area contributed by atoms with Crippen molar-refractivity contribution >= 4 is 5.91 Å². The Morgan fingerprint density at radius 3 is 2.65 bits per heavy atom. The zero-order chi connectivity index (χ0) is 14.4. The summed E-state index contributed by atoms with van der Waals surface area (Å²) in [5, 5.41) is 0. The van der Waals surface area contributed by atoms with Gasteiger partial charge in [-0.2, -0.15) is 0 Å². The summed E-state index contributed by atoms with van der Waals surface area (Å²) in [4.78, 5) is 18.9. The zero-order valence-electron chi connectivity index (χ0n) is 12.4. The van der Waals surface area contributed by atoms with E-state index in [-0.39, 0.29) is 5.91 Å². The molecule has 0 bridgehead atoms. The number of amides is 1. The summed E-state index contributed by atoms with van der Waals surface area (Å²) in [7, 11) is 1.87. The van der Waals surface area contributed by atoms with Crippen LogP contribution < -0.4 is 5.73 Å². The van der Waals surface area contributed by atoms with Crippen LogP contribution in [-0.4, -0.2) is 39.5 Å². The number of rotatable bonds is 5. The molecule has 1 amide bonds. The topological polar surface area (TPSA) is 64.2 Å². The lowest BCUT2D eigenvalue weighted by Crippen LogP contribution is -2.42. The highest BCUT2D eigenvalue weighted by molar-refractivity contribution is 5.92. The first kappa shape index (κ1) is 15.0. The second-order valence-electron chi connectivity index (χ2n) is 5.68. The van der Waals surface area contributed by atoms with Gasteiger partial charge in [0.15, 0.2) is 0 Å². The molecular formula is C15H26N4O. The number of hydrogen-bond acceptors (Lipinski definition) is 3. The van der Waals surface area contributed by atoms with Gasteiger partial charge in [0.25, 0.3) is 5.91 Å². The first-order chi connectivity index (χ1) is 9.74. The molecule has 1 fully saturated rings. The molecule has 0 aromatic carbocycles. The lowest BCUT2D eigenvalue weighted by molar-refractivity contribution is 0.0649. The SMILES string of the molecule is Cn1cncc1C(=O)N(CCCN)C1CCCCCC1. The average molecular weight is 278 g/mol. The molecule has 1 heterocycles. The number of hydrogen-bond donors (Lipinski definition) is 1. The van der Waals surface area contributed by atoms with Gasteiger partial charge in [0.05, 0.1) is 12.5 Å². The molecule has 20 heavy (non-hydrogen) atoms. The maximum absolute atomic E-state index is 12.8. The molecule has 1 aliphatic carbocycles. The Kier molecular flexibility index (Phi) is 5.59. The van der Waals surface area contributed by atoms with E-state index in [9.17, 15) is 4.79 Å². The van der Waals surface area contributed by atoms with Crippen molar-refractivity contribution in [2.24, 2.45) is 12.8 Å². The van der Waals surface area contributed by atoms with Crippen LogP contribution >= 0.6 is 0 Å². The molecule has 0 spiro atoms. The van der Waals surface area contributed by atoms with Crippen LogP contribution in [0, 0.1) is 0 Å². The summed E-state index contributed by atoms with van der Waals surface area (Å²) in [6, 6.07) is 0.367. The monoisotopic (exact) mass is 278 g/mol. The van der Waals surface area contributed by atoms with Crippen LogP contribution in [0.4, 0.5) is 0 Å². The minimum Gasteiger partial charge on any atom is -0.334 e. The summed E-state index contributed by atoms with van der Waals surface area (Å²) in [6.07, 6.45) is 11.5. The van der Waals surface area contributed by atoms with Gasteiger partial charge in [-0.05, 0) is 25.8 Å². The van der Waals surface area contributed by atoms with E-state index in [1.54, 1.807) is 17.1 Å². The molecule has 1 saturated carbocycles. The third-order valence-electron chi connectivity index (χ3n) is 4.17. The molecular weight excluding hydrogens is 252 g/mol. The maximum atomic E-state index is 12.8. The number of imidazole rings is 1. The molecule has 0 saturated heterocycles. The van der Waals surface area contributed by atoms with Gasteiger partial charge in [-0.3, -0.25) is 4.79 Å².